The average Bonchev–Trinajstić information content (AvgIpc) is 2.88. The van der Waals surface area contributed by atoms with Crippen LogP contribution in [0.15, 0.2) is 15.4 Å². The minimum Gasteiger partial charge on any atom is -0.368 e. The highest BCUT2D eigenvalue weighted by Crippen LogP contribution is 2.31. The summed E-state index contributed by atoms with van der Waals surface area (Å²) in [4.78, 5) is 8.21. The van der Waals surface area contributed by atoms with Gasteiger partial charge in [-0.15, -0.1) is 0 Å². The lowest BCUT2D eigenvalue weighted by molar-refractivity contribution is 0.551. The molecule has 0 spiro atoms. The normalized spacial score (nSPS) is 10.8. The van der Waals surface area contributed by atoms with E-state index in [1.165, 1.54) is 11.5 Å². The zero-order valence-electron chi connectivity index (χ0n) is 11.1. The van der Waals surface area contributed by atoms with E-state index in [9.17, 15) is 8.78 Å². The Hall–Kier alpha value is -1.28. The molecule has 2 aromatic rings. The fraction of sp³-hybridized carbons (Fsp3) is 0.417. The van der Waals surface area contributed by atoms with Crippen molar-refractivity contribution in [1.29, 1.82) is 0 Å². The first-order chi connectivity index (χ1) is 9.63. The number of nitrogens with zero attached hydrogens (tertiary/aromatic N) is 3. The van der Waals surface area contributed by atoms with Crippen molar-refractivity contribution in [3.05, 3.63) is 23.5 Å². The van der Waals surface area contributed by atoms with E-state index < -0.39 is 11.6 Å². The van der Waals surface area contributed by atoms with Gasteiger partial charge >= 0.3 is 0 Å². The van der Waals surface area contributed by atoms with Crippen molar-refractivity contribution in [2.45, 2.75) is 36.1 Å². The van der Waals surface area contributed by atoms with Crippen LogP contribution in [0.25, 0.3) is 0 Å². The highest BCUT2D eigenvalue weighted by atomic mass is 32.2. The van der Waals surface area contributed by atoms with Gasteiger partial charge in [0.25, 0.3) is 0 Å². The summed E-state index contributed by atoms with van der Waals surface area (Å²) in [6, 6.07) is 0.842. The monoisotopic (exact) mass is 316 g/mol. The van der Waals surface area contributed by atoms with E-state index in [1.807, 2.05) is 13.8 Å². The lowest BCUT2D eigenvalue weighted by atomic mass is 10.4. The molecule has 0 fully saturated rings. The number of hydrogen-bond donors (Lipinski definition) is 1. The van der Waals surface area contributed by atoms with Gasteiger partial charge in [0.05, 0.1) is 0 Å². The van der Waals surface area contributed by atoms with Crippen LogP contribution in [0.3, 0.4) is 0 Å². The SMILES string of the molecule is CCCNc1nc(Sc2nc(CC)ns2)c(F)cc1F. The largest absolute Gasteiger partial charge is 0.368 e. The minimum atomic E-state index is -0.692. The maximum atomic E-state index is 13.7. The van der Waals surface area contributed by atoms with Crippen LogP contribution in [0.4, 0.5) is 14.6 Å². The molecule has 0 aliphatic rings. The summed E-state index contributed by atoms with van der Waals surface area (Å²) in [7, 11) is 0. The first-order valence-electron chi connectivity index (χ1n) is 6.24. The van der Waals surface area contributed by atoms with Crippen LogP contribution in [0, 0.1) is 11.6 Å². The molecule has 1 N–H and O–H groups in total. The van der Waals surface area contributed by atoms with Crippen molar-refractivity contribution < 1.29 is 8.78 Å². The molecular weight excluding hydrogens is 302 g/mol. The molecule has 2 aromatic heterocycles. The molecule has 0 aliphatic carbocycles. The highest BCUT2D eigenvalue weighted by molar-refractivity contribution is 8.00. The third-order valence-electron chi connectivity index (χ3n) is 2.39. The topological polar surface area (TPSA) is 50.7 Å². The second-order valence-electron chi connectivity index (χ2n) is 3.96. The summed E-state index contributed by atoms with van der Waals surface area (Å²) >= 11 is 2.25. The standard InChI is InChI=1S/C12H14F2N4S2/c1-3-5-15-10-7(13)6-8(14)11(17-10)19-12-16-9(4-2)18-20-12/h6H,3-5H2,1-2H3,(H,15,17). The molecule has 0 aromatic carbocycles. The Balaban J connectivity index is 2.21. The zero-order chi connectivity index (χ0) is 14.5. The number of nitrogens with one attached hydrogen (secondary N) is 1. The molecule has 0 aliphatic heterocycles. The molecule has 20 heavy (non-hydrogen) atoms. The number of anilines is 1. The summed E-state index contributed by atoms with van der Waals surface area (Å²) < 4.78 is 32.0. The predicted molar refractivity (Wildman–Crippen MR) is 76.3 cm³/mol. The van der Waals surface area contributed by atoms with Crippen molar-refractivity contribution in [2.24, 2.45) is 0 Å². The maximum absolute atomic E-state index is 13.7. The second kappa shape index (κ2) is 6.94. The second-order valence-corrected chi connectivity index (χ2v) is 5.95. The van der Waals surface area contributed by atoms with E-state index in [2.05, 4.69) is 19.7 Å². The van der Waals surface area contributed by atoms with Crippen molar-refractivity contribution >= 4 is 29.1 Å². The maximum Gasteiger partial charge on any atom is 0.176 e. The van der Waals surface area contributed by atoms with Gasteiger partial charge in [-0.2, -0.15) is 4.37 Å². The molecule has 4 nitrogen and oxygen atoms in total. The summed E-state index contributed by atoms with van der Waals surface area (Å²) in [6.07, 6.45) is 1.55. The summed E-state index contributed by atoms with van der Waals surface area (Å²) in [5.74, 6) is -0.602. The Labute approximate surface area is 124 Å². The average molecular weight is 316 g/mol. The summed E-state index contributed by atoms with van der Waals surface area (Å²) in [5.41, 5.74) is 0. The van der Waals surface area contributed by atoms with E-state index >= 15 is 0 Å². The van der Waals surface area contributed by atoms with E-state index in [0.29, 0.717) is 16.7 Å². The number of aromatic nitrogens is 3. The third kappa shape index (κ3) is 3.63. The molecule has 0 unspecified atom stereocenters. The van der Waals surface area contributed by atoms with Gasteiger partial charge in [-0.1, -0.05) is 13.8 Å². The Morgan fingerprint density at radius 3 is 2.70 bits per heavy atom. The lowest BCUT2D eigenvalue weighted by Gasteiger charge is -2.07. The number of pyridine rings is 1. The fourth-order valence-electron chi connectivity index (χ4n) is 1.39. The molecule has 2 rings (SSSR count). The van der Waals surface area contributed by atoms with Crippen molar-refractivity contribution in [3.63, 3.8) is 0 Å². The predicted octanol–water partition coefficient (Wildman–Crippen LogP) is 3.75. The van der Waals surface area contributed by atoms with Gasteiger partial charge in [-0.3, -0.25) is 0 Å². The zero-order valence-corrected chi connectivity index (χ0v) is 12.7. The quantitative estimate of drug-likeness (QED) is 0.879. The number of hydrogen-bond acceptors (Lipinski definition) is 6. The smallest absolute Gasteiger partial charge is 0.176 e. The van der Waals surface area contributed by atoms with E-state index in [1.54, 1.807) is 0 Å². The number of halogens is 2. The Bertz CT molecular complexity index is 589. The Morgan fingerprint density at radius 2 is 2.05 bits per heavy atom. The highest BCUT2D eigenvalue weighted by Gasteiger charge is 2.15. The molecule has 108 valence electrons. The van der Waals surface area contributed by atoms with E-state index in [0.717, 1.165) is 30.7 Å². The van der Waals surface area contributed by atoms with Crippen molar-refractivity contribution in [3.8, 4) is 0 Å². The molecule has 0 atom stereocenters. The van der Waals surface area contributed by atoms with E-state index in [-0.39, 0.29) is 10.8 Å². The van der Waals surface area contributed by atoms with Gasteiger partial charge in [0.2, 0.25) is 0 Å². The Morgan fingerprint density at radius 1 is 1.25 bits per heavy atom. The first-order valence-corrected chi connectivity index (χ1v) is 7.83. The summed E-state index contributed by atoms with van der Waals surface area (Å²) in [5, 5.41) is 2.93. The molecule has 2 heterocycles. The van der Waals surface area contributed by atoms with Gasteiger partial charge in [-0.05, 0) is 29.7 Å². The fourth-order valence-corrected chi connectivity index (χ4v) is 3.00. The molecule has 0 amide bonds. The van der Waals surface area contributed by atoms with Crippen LogP contribution in [-0.4, -0.2) is 20.9 Å². The molecule has 0 saturated heterocycles. The van der Waals surface area contributed by atoms with Crippen LogP contribution in [-0.2, 0) is 6.42 Å². The van der Waals surface area contributed by atoms with Gasteiger partial charge in [-0.25, -0.2) is 18.7 Å². The van der Waals surface area contributed by atoms with Crippen molar-refractivity contribution in [1.82, 2.24) is 14.3 Å². The van der Waals surface area contributed by atoms with Crippen LogP contribution >= 0.6 is 23.3 Å². The molecule has 0 bridgehead atoms. The molecular formula is C12H14F2N4S2. The van der Waals surface area contributed by atoms with Crippen molar-refractivity contribution in [2.75, 3.05) is 11.9 Å². The number of rotatable bonds is 6. The lowest BCUT2D eigenvalue weighted by Crippen LogP contribution is -2.06. The van der Waals surface area contributed by atoms with Gasteiger partial charge in [0.15, 0.2) is 21.8 Å². The third-order valence-corrected chi connectivity index (χ3v) is 4.16. The molecule has 0 saturated carbocycles. The first kappa shape index (κ1) is 15.1. The van der Waals surface area contributed by atoms with Crippen LogP contribution in [0.1, 0.15) is 26.1 Å². The van der Waals surface area contributed by atoms with Gasteiger partial charge < -0.3 is 5.32 Å². The van der Waals surface area contributed by atoms with Crippen LogP contribution < -0.4 is 5.32 Å². The van der Waals surface area contributed by atoms with Crippen LogP contribution in [0.2, 0.25) is 0 Å². The van der Waals surface area contributed by atoms with Gasteiger partial charge in [0, 0.05) is 19.0 Å². The number of aryl methyl sites for hydroxylation is 1. The minimum absolute atomic E-state index is 0.0657. The van der Waals surface area contributed by atoms with Gasteiger partial charge in [0.1, 0.15) is 10.9 Å². The molecule has 8 heteroatoms. The summed E-state index contributed by atoms with van der Waals surface area (Å²) in [6.45, 7) is 4.48. The van der Waals surface area contributed by atoms with E-state index in [4.69, 9.17) is 0 Å². The Kier molecular flexibility index (Phi) is 5.24. The van der Waals surface area contributed by atoms with Crippen LogP contribution in [0.5, 0.6) is 0 Å². The molecule has 0 radical (unpaired) electrons.